The SMILES string of the molecule is C=Cc1ccc(-c2ccc([O][Al][O]c3cccc4cccnc34)cc2)cc1. The predicted octanol–water partition coefficient (Wildman–Crippen LogP) is 5.54. The molecule has 0 N–H and O–H groups in total. The zero-order valence-electron chi connectivity index (χ0n) is 14.7. The van der Waals surface area contributed by atoms with Crippen LogP contribution in [0.15, 0.2) is 91.6 Å². The van der Waals surface area contributed by atoms with Crippen LogP contribution in [0.3, 0.4) is 0 Å². The maximum Gasteiger partial charge on any atom is 0.881 e. The molecule has 0 spiro atoms. The molecule has 1 heterocycles. The van der Waals surface area contributed by atoms with Crippen molar-refractivity contribution < 1.29 is 7.58 Å². The van der Waals surface area contributed by atoms with Crippen molar-refractivity contribution in [1.82, 2.24) is 4.98 Å². The van der Waals surface area contributed by atoms with Gasteiger partial charge < -0.3 is 7.58 Å². The summed E-state index contributed by atoms with van der Waals surface area (Å²) in [4.78, 5) is 4.39. The summed E-state index contributed by atoms with van der Waals surface area (Å²) >= 11 is -0.674. The molecule has 0 aliphatic carbocycles. The lowest BCUT2D eigenvalue weighted by Crippen LogP contribution is -2.11. The summed E-state index contributed by atoms with van der Waals surface area (Å²) in [5.74, 6) is 1.55. The second-order valence-corrected chi connectivity index (χ2v) is 6.68. The highest BCUT2D eigenvalue weighted by molar-refractivity contribution is 6.21. The normalized spacial score (nSPS) is 10.4. The number of nitrogens with zero attached hydrogens (tertiary/aromatic N) is 1. The van der Waals surface area contributed by atoms with Gasteiger partial charge in [-0.05, 0) is 41.0 Å². The average Bonchev–Trinajstić information content (AvgIpc) is 2.74. The first kappa shape index (κ1) is 17.4. The van der Waals surface area contributed by atoms with Crippen molar-refractivity contribution >= 4 is 32.9 Å². The fourth-order valence-electron chi connectivity index (χ4n) is 2.84. The molecule has 3 nitrogen and oxygen atoms in total. The molecule has 0 saturated carbocycles. The van der Waals surface area contributed by atoms with Gasteiger partial charge in [0.15, 0.2) is 0 Å². The van der Waals surface area contributed by atoms with Crippen LogP contribution in [0, 0.1) is 0 Å². The van der Waals surface area contributed by atoms with Crippen molar-refractivity contribution in [2.24, 2.45) is 0 Å². The summed E-state index contributed by atoms with van der Waals surface area (Å²) < 4.78 is 11.7. The van der Waals surface area contributed by atoms with Gasteiger partial charge >= 0.3 is 15.9 Å². The highest BCUT2D eigenvalue weighted by Gasteiger charge is 2.09. The lowest BCUT2D eigenvalue weighted by atomic mass is 10.0. The topological polar surface area (TPSA) is 31.4 Å². The van der Waals surface area contributed by atoms with Gasteiger partial charge in [0.05, 0.1) is 5.75 Å². The van der Waals surface area contributed by atoms with Crippen molar-refractivity contribution in [1.29, 1.82) is 0 Å². The van der Waals surface area contributed by atoms with Crippen molar-refractivity contribution in [2.75, 3.05) is 0 Å². The Hall–Kier alpha value is -3.06. The Labute approximate surface area is 165 Å². The molecule has 0 fully saturated rings. The largest absolute Gasteiger partial charge is 0.881 e. The maximum absolute atomic E-state index is 5.85. The molecule has 0 unspecified atom stereocenters. The number of hydrogen-bond acceptors (Lipinski definition) is 3. The molecule has 0 aliphatic heterocycles. The maximum atomic E-state index is 5.85. The number of pyridine rings is 1. The van der Waals surface area contributed by atoms with Crippen molar-refractivity contribution in [3.05, 3.63) is 97.2 Å². The van der Waals surface area contributed by atoms with Crippen molar-refractivity contribution in [3.8, 4) is 22.6 Å². The van der Waals surface area contributed by atoms with E-state index in [1.807, 2.05) is 48.5 Å². The smallest absolute Gasteiger partial charge is 0.616 e. The summed E-state index contributed by atoms with van der Waals surface area (Å²) in [5, 5.41) is 1.06. The van der Waals surface area contributed by atoms with E-state index in [2.05, 4.69) is 48.0 Å². The summed E-state index contributed by atoms with van der Waals surface area (Å²) in [6.07, 6.45) is 3.61. The van der Waals surface area contributed by atoms with E-state index >= 15 is 0 Å². The monoisotopic (exact) mass is 366 g/mol. The Balaban J connectivity index is 1.40. The van der Waals surface area contributed by atoms with Crippen LogP contribution >= 0.6 is 0 Å². The summed E-state index contributed by atoms with van der Waals surface area (Å²) in [7, 11) is 0. The number of aromatic nitrogens is 1. The Morgan fingerprint density at radius 3 is 2.22 bits per heavy atom. The standard InChI is InChI=1S/C14H12O.C9H7NO.Al/c1-2-11-3-5-12(6-4-11)13-7-9-14(15)10-8-13;11-8-5-1-3-7-4-2-6-10-9(7)8;/h2-10,15H,1H2;1-6,11H;/q;;+2/p-2. The zero-order valence-corrected chi connectivity index (χ0v) is 15.9. The van der Waals surface area contributed by atoms with Gasteiger partial charge in [-0.25, -0.2) is 0 Å². The first-order valence-corrected chi connectivity index (χ1v) is 9.59. The van der Waals surface area contributed by atoms with Crippen LogP contribution in [0.2, 0.25) is 0 Å². The Morgan fingerprint density at radius 2 is 1.48 bits per heavy atom. The van der Waals surface area contributed by atoms with Crippen LogP contribution in [0.5, 0.6) is 11.5 Å². The minimum Gasteiger partial charge on any atom is -0.616 e. The van der Waals surface area contributed by atoms with Crippen LogP contribution < -0.4 is 7.58 Å². The molecule has 4 heteroatoms. The highest BCUT2D eigenvalue weighted by Crippen LogP contribution is 2.24. The molecule has 3 aromatic carbocycles. The lowest BCUT2D eigenvalue weighted by Gasteiger charge is -2.10. The van der Waals surface area contributed by atoms with Gasteiger partial charge in [-0.15, -0.1) is 0 Å². The second-order valence-electron chi connectivity index (χ2n) is 6.01. The van der Waals surface area contributed by atoms with Gasteiger partial charge in [0.1, 0.15) is 11.3 Å². The molecule has 129 valence electrons. The van der Waals surface area contributed by atoms with Crippen LogP contribution in [0.1, 0.15) is 5.56 Å². The fourth-order valence-corrected chi connectivity index (χ4v) is 3.45. The van der Waals surface area contributed by atoms with Crippen molar-refractivity contribution in [3.63, 3.8) is 0 Å². The third-order valence-corrected chi connectivity index (χ3v) is 5.01. The van der Waals surface area contributed by atoms with Gasteiger partial charge in [-0.1, -0.05) is 67.3 Å². The number of fused-ring (bicyclic) bond motifs is 1. The molecular formula is C23H17AlNO2. The second kappa shape index (κ2) is 8.09. The van der Waals surface area contributed by atoms with Gasteiger partial charge in [-0.3, -0.25) is 4.98 Å². The van der Waals surface area contributed by atoms with E-state index < -0.39 is 15.9 Å². The Kier molecular flexibility index (Phi) is 5.20. The molecule has 1 aromatic heterocycles. The number of rotatable bonds is 6. The van der Waals surface area contributed by atoms with E-state index in [-0.39, 0.29) is 0 Å². The Morgan fingerprint density at radius 1 is 0.778 bits per heavy atom. The molecule has 27 heavy (non-hydrogen) atoms. The van der Waals surface area contributed by atoms with Crippen LogP contribution in [0.25, 0.3) is 28.1 Å². The van der Waals surface area contributed by atoms with Crippen LogP contribution in [0.4, 0.5) is 0 Å². The molecule has 1 radical (unpaired) electrons. The van der Waals surface area contributed by atoms with E-state index in [9.17, 15) is 0 Å². The quantitative estimate of drug-likeness (QED) is 0.420. The minimum absolute atomic E-state index is 0.674. The predicted molar refractivity (Wildman–Crippen MR) is 111 cm³/mol. The molecule has 0 bridgehead atoms. The Bertz CT molecular complexity index is 1050. The van der Waals surface area contributed by atoms with E-state index in [4.69, 9.17) is 7.58 Å². The molecule has 0 atom stereocenters. The zero-order chi connectivity index (χ0) is 18.5. The van der Waals surface area contributed by atoms with Crippen LogP contribution in [-0.4, -0.2) is 20.9 Å². The van der Waals surface area contributed by atoms with Gasteiger partial charge in [-0.2, -0.15) is 0 Å². The molecular weight excluding hydrogens is 349 g/mol. The third-order valence-electron chi connectivity index (χ3n) is 4.29. The minimum atomic E-state index is -0.674. The van der Waals surface area contributed by atoms with Gasteiger partial charge in [0.2, 0.25) is 0 Å². The first-order chi connectivity index (χ1) is 13.3. The third kappa shape index (κ3) is 4.03. The number of para-hydroxylation sites is 1. The van der Waals surface area contributed by atoms with E-state index in [0.29, 0.717) is 0 Å². The summed E-state index contributed by atoms with van der Waals surface area (Å²) in [5.41, 5.74) is 4.28. The molecule has 0 aliphatic rings. The number of hydrogen-bond donors (Lipinski definition) is 0. The van der Waals surface area contributed by atoms with E-state index in [1.54, 1.807) is 6.20 Å². The van der Waals surface area contributed by atoms with Gasteiger partial charge in [0, 0.05) is 11.6 Å². The molecule has 0 amide bonds. The van der Waals surface area contributed by atoms with E-state index in [1.165, 1.54) is 0 Å². The first-order valence-electron chi connectivity index (χ1n) is 8.65. The van der Waals surface area contributed by atoms with Crippen molar-refractivity contribution in [2.45, 2.75) is 0 Å². The highest BCUT2D eigenvalue weighted by atomic mass is 27.2. The average molecular weight is 366 g/mol. The summed E-state index contributed by atoms with van der Waals surface area (Å²) in [6.45, 7) is 3.78. The summed E-state index contributed by atoms with van der Waals surface area (Å²) in [6, 6.07) is 26.2. The van der Waals surface area contributed by atoms with Gasteiger partial charge in [0.25, 0.3) is 0 Å². The number of benzene rings is 3. The fraction of sp³-hybridized carbons (Fsp3) is 0. The molecule has 4 aromatic rings. The molecule has 4 rings (SSSR count). The molecule has 0 saturated heterocycles. The lowest BCUT2D eigenvalue weighted by molar-refractivity contribution is 0.461. The van der Waals surface area contributed by atoms with E-state index in [0.717, 1.165) is 39.1 Å². The van der Waals surface area contributed by atoms with Crippen LogP contribution in [-0.2, 0) is 0 Å².